The van der Waals surface area contributed by atoms with Crippen molar-refractivity contribution in [3.63, 3.8) is 0 Å². The first kappa shape index (κ1) is 9.79. The van der Waals surface area contributed by atoms with E-state index in [0.717, 1.165) is 24.4 Å². The van der Waals surface area contributed by atoms with Crippen molar-refractivity contribution >= 4 is 0 Å². The Kier molecular flexibility index (Phi) is 3.04. The summed E-state index contributed by atoms with van der Waals surface area (Å²) in [6.45, 7) is 0.654. The summed E-state index contributed by atoms with van der Waals surface area (Å²) in [7, 11) is 0. The zero-order valence-corrected chi connectivity index (χ0v) is 8.37. The summed E-state index contributed by atoms with van der Waals surface area (Å²) in [5.41, 5.74) is 6.44. The topological polar surface area (TPSA) is 69.6 Å². The summed E-state index contributed by atoms with van der Waals surface area (Å²) in [4.78, 5) is 0. The monoisotopic (exact) mass is 203 g/mol. The van der Waals surface area contributed by atoms with Crippen molar-refractivity contribution in [1.82, 2.24) is 20.2 Å². The van der Waals surface area contributed by atoms with E-state index in [2.05, 4.69) is 15.5 Å². The van der Waals surface area contributed by atoms with Crippen LogP contribution in [-0.2, 0) is 6.42 Å². The van der Waals surface area contributed by atoms with E-state index in [1.807, 2.05) is 30.3 Å². The lowest BCUT2D eigenvalue weighted by Gasteiger charge is -2.02. The average Bonchev–Trinajstić information content (AvgIpc) is 2.75. The Hall–Kier alpha value is -1.75. The highest BCUT2D eigenvalue weighted by Gasteiger charge is 2.06. The van der Waals surface area contributed by atoms with Crippen molar-refractivity contribution in [3.8, 4) is 5.69 Å². The highest BCUT2D eigenvalue weighted by atomic mass is 15.5. The molecule has 0 saturated carbocycles. The number of rotatable bonds is 4. The molecule has 0 unspecified atom stereocenters. The fourth-order valence-electron chi connectivity index (χ4n) is 1.39. The Balaban J connectivity index is 2.25. The van der Waals surface area contributed by atoms with Gasteiger partial charge in [0.05, 0.1) is 5.69 Å². The lowest BCUT2D eigenvalue weighted by Crippen LogP contribution is -2.06. The minimum atomic E-state index is 0.654. The van der Waals surface area contributed by atoms with Crippen molar-refractivity contribution in [3.05, 3.63) is 36.2 Å². The molecule has 5 nitrogen and oxygen atoms in total. The number of aryl methyl sites for hydroxylation is 1. The molecule has 2 aromatic rings. The zero-order valence-electron chi connectivity index (χ0n) is 8.37. The molecule has 1 aromatic heterocycles. The summed E-state index contributed by atoms with van der Waals surface area (Å²) in [5, 5.41) is 11.6. The van der Waals surface area contributed by atoms with Crippen LogP contribution in [0.1, 0.15) is 12.2 Å². The third kappa shape index (κ3) is 2.19. The number of benzene rings is 1. The largest absolute Gasteiger partial charge is 0.330 e. The molecule has 0 radical (unpaired) electrons. The number of hydrogen-bond donors (Lipinski definition) is 1. The van der Waals surface area contributed by atoms with Gasteiger partial charge in [0.2, 0.25) is 0 Å². The van der Waals surface area contributed by atoms with E-state index in [-0.39, 0.29) is 0 Å². The van der Waals surface area contributed by atoms with E-state index in [9.17, 15) is 0 Å². The molecule has 0 amide bonds. The van der Waals surface area contributed by atoms with Gasteiger partial charge >= 0.3 is 0 Å². The van der Waals surface area contributed by atoms with Crippen LogP contribution in [0, 0.1) is 0 Å². The molecule has 0 fully saturated rings. The van der Waals surface area contributed by atoms with Gasteiger partial charge < -0.3 is 5.73 Å². The number of hydrogen-bond acceptors (Lipinski definition) is 4. The third-order valence-electron chi connectivity index (χ3n) is 2.14. The average molecular weight is 203 g/mol. The van der Waals surface area contributed by atoms with Crippen molar-refractivity contribution in [2.24, 2.45) is 5.73 Å². The fraction of sp³-hybridized carbons (Fsp3) is 0.300. The smallest absolute Gasteiger partial charge is 0.156 e. The summed E-state index contributed by atoms with van der Waals surface area (Å²) < 4.78 is 1.75. The molecule has 0 aliphatic carbocycles. The van der Waals surface area contributed by atoms with Gasteiger partial charge in [0.15, 0.2) is 5.82 Å². The highest BCUT2D eigenvalue weighted by molar-refractivity contribution is 5.30. The summed E-state index contributed by atoms with van der Waals surface area (Å²) in [6, 6.07) is 9.84. The van der Waals surface area contributed by atoms with Crippen LogP contribution in [0.4, 0.5) is 0 Å². The maximum atomic E-state index is 5.46. The van der Waals surface area contributed by atoms with Gasteiger partial charge in [-0.15, -0.1) is 5.10 Å². The Morgan fingerprint density at radius 1 is 1.20 bits per heavy atom. The molecule has 1 aromatic carbocycles. The predicted octanol–water partition coefficient (Wildman–Crippen LogP) is 0.554. The number of nitrogens with zero attached hydrogens (tertiary/aromatic N) is 4. The fourth-order valence-corrected chi connectivity index (χ4v) is 1.39. The molecule has 15 heavy (non-hydrogen) atoms. The molecule has 1 heterocycles. The van der Waals surface area contributed by atoms with E-state index in [1.54, 1.807) is 4.68 Å². The molecule has 0 bridgehead atoms. The lowest BCUT2D eigenvalue weighted by atomic mass is 10.3. The first-order chi connectivity index (χ1) is 7.42. The van der Waals surface area contributed by atoms with Gasteiger partial charge in [-0.2, -0.15) is 4.68 Å². The maximum absolute atomic E-state index is 5.46. The second-order valence-corrected chi connectivity index (χ2v) is 3.23. The third-order valence-corrected chi connectivity index (χ3v) is 2.14. The standard InChI is InChI=1S/C10H13N5/c11-8-4-7-10-12-13-14-15(10)9-5-2-1-3-6-9/h1-3,5-6H,4,7-8,11H2. The molecule has 2 N–H and O–H groups in total. The maximum Gasteiger partial charge on any atom is 0.156 e. The van der Waals surface area contributed by atoms with Crippen molar-refractivity contribution in [1.29, 1.82) is 0 Å². The minimum absolute atomic E-state index is 0.654. The van der Waals surface area contributed by atoms with Gasteiger partial charge in [-0.3, -0.25) is 0 Å². The van der Waals surface area contributed by atoms with Crippen LogP contribution >= 0.6 is 0 Å². The zero-order chi connectivity index (χ0) is 10.5. The van der Waals surface area contributed by atoms with Gasteiger partial charge in [-0.05, 0) is 35.5 Å². The Morgan fingerprint density at radius 3 is 2.73 bits per heavy atom. The molecular weight excluding hydrogens is 190 g/mol. The van der Waals surface area contributed by atoms with Gasteiger partial charge in [-0.25, -0.2) is 0 Å². The summed E-state index contributed by atoms with van der Waals surface area (Å²) in [5.74, 6) is 0.853. The van der Waals surface area contributed by atoms with Crippen LogP contribution in [0.5, 0.6) is 0 Å². The van der Waals surface area contributed by atoms with Gasteiger partial charge in [0.25, 0.3) is 0 Å². The molecule has 0 aliphatic rings. The second-order valence-electron chi connectivity index (χ2n) is 3.23. The molecule has 5 heteroatoms. The molecule has 0 atom stereocenters. The van der Waals surface area contributed by atoms with Gasteiger partial charge in [-0.1, -0.05) is 18.2 Å². The van der Waals surface area contributed by atoms with E-state index in [0.29, 0.717) is 6.54 Å². The van der Waals surface area contributed by atoms with Crippen LogP contribution in [0.25, 0.3) is 5.69 Å². The Labute approximate surface area is 87.9 Å². The first-order valence-corrected chi connectivity index (χ1v) is 4.94. The second kappa shape index (κ2) is 4.65. The number of aromatic nitrogens is 4. The number of nitrogens with two attached hydrogens (primary N) is 1. The van der Waals surface area contributed by atoms with E-state index >= 15 is 0 Å². The number of tetrazole rings is 1. The van der Waals surface area contributed by atoms with Crippen molar-refractivity contribution in [2.45, 2.75) is 12.8 Å². The molecule has 2 rings (SSSR count). The minimum Gasteiger partial charge on any atom is -0.330 e. The van der Waals surface area contributed by atoms with Crippen molar-refractivity contribution in [2.75, 3.05) is 6.54 Å². The lowest BCUT2D eigenvalue weighted by molar-refractivity contribution is 0.726. The molecule has 0 saturated heterocycles. The number of para-hydroxylation sites is 1. The predicted molar refractivity (Wildman–Crippen MR) is 56.5 cm³/mol. The Morgan fingerprint density at radius 2 is 2.00 bits per heavy atom. The Bertz CT molecular complexity index is 409. The van der Waals surface area contributed by atoms with Gasteiger partial charge in [0, 0.05) is 6.42 Å². The quantitative estimate of drug-likeness (QED) is 0.788. The highest BCUT2D eigenvalue weighted by Crippen LogP contribution is 2.07. The van der Waals surface area contributed by atoms with Crippen LogP contribution in [-0.4, -0.2) is 26.8 Å². The first-order valence-electron chi connectivity index (χ1n) is 4.94. The van der Waals surface area contributed by atoms with Gasteiger partial charge in [0.1, 0.15) is 0 Å². The molecule has 78 valence electrons. The normalized spacial score (nSPS) is 10.5. The summed E-state index contributed by atoms with van der Waals surface area (Å²) in [6.07, 6.45) is 1.70. The molecule has 0 spiro atoms. The summed E-state index contributed by atoms with van der Waals surface area (Å²) >= 11 is 0. The van der Waals surface area contributed by atoms with Crippen LogP contribution < -0.4 is 5.73 Å². The molecular formula is C10H13N5. The molecule has 0 aliphatic heterocycles. The SMILES string of the molecule is NCCCc1nnnn1-c1ccccc1. The van der Waals surface area contributed by atoms with E-state index in [4.69, 9.17) is 5.73 Å². The van der Waals surface area contributed by atoms with Crippen LogP contribution in [0.3, 0.4) is 0 Å². The van der Waals surface area contributed by atoms with Crippen LogP contribution in [0.2, 0.25) is 0 Å². The van der Waals surface area contributed by atoms with Crippen LogP contribution in [0.15, 0.2) is 30.3 Å². The van der Waals surface area contributed by atoms with Crippen molar-refractivity contribution < 1.29 is 0 Å². The van der Waals surface area contributed by atoms with E-state index in [1.165, 1.54) is 0 Å². The van der Waals surface area contributed by atoms with E-state index < -0.39 is 0 Å².